The summed E-state index contributed by atoms with van der Waals surface area (Å²) in [7, 11) is 2.10. The van der Waals surface area contributed by atoms with Crippen LogP contribution in [0.25, 0.3) is 0 Å². The fraction of sp³-hybridized carbons (Fsp3) is 0.708. The smallest absolute Gasteiger partial charge is 0.193 e. The maximum absolute atomic E-state index is 5.82. The van der Waals surface area contributed by atoms with Crippen molar-refractivity contribution < 1.29 is 9.47 Å². The Bertz CT molecular complexity index is 648. The summed E-state index contributed by atoms with van der Waals surface area (Å²) < 4.78 is 11.5. The van der Waals surface area contributed by atoms with Crippen LogP contribution in [0, 0.1) is 5.92 Å². The van der Waals surface area contributed by atoms with E-state index < -0.39 is 0 Å². The molecule has 0 spiro atoms. The van der Waals surface area contributed by atoms with Gasteiger partial charge in [0, 0.05) is 51.5 Å². The average molecular weight is 545 g/mol. The van der Waals surface area contributed by atoms with Crippen LogP contribution >= 0.6 is 24.0 Å². The van der Waals surface area contributed by atoms with Crippen LogP contribution in [0.2, 0.25) is 0 Å². The van der Waals surface area contributed by atoms with Gasteiger partial charge in [0.1, 0.15) is 0 Å². The topological polar surface area (TPSA) is 58.1 Å². The molecule has 31 heavy (non-hydrogen) atoms. The van der Waals surface area contributed by atoms with Crippen molar-refractivity contribution in [1.29, 1.82) is 0 Å². The van der Waals surface area contributed by atoms with E-state index in [1.807, 2.05) is 0 Å². The van der Waals surface area contributed by atoms with Gasteiger partial charge in [-0.05, 0) is 51.0 Å². The molecule has 1 aromatic rings. The Morgan fingerprint density at radius 1 is 1.26 bits per heavy atom. The Labute approximate surface area is 205 Å². The first-order valence-corrected chi connectivity index (χ1v) is 11.6. The second kappa shape index (κ2) is 13.6. The fourth-order valence-electron chi connectivity index (χ4n) is 3.93. The molecule has 0 aromatic heterocycles. The lowest BCUT2D eigenvalue weighted by Crippen LogP contribution is -2.53. The molecule has 6 nitrogen and oxygen atoms in total. The number of nitrogens with zero attached hydrogens (tertiary/aromatic N) is 2. The van der Waals surface area contributed by atoms with Crippen LogP contribution in [0.1, 0.15) is 51.1 Å². The first-order chi connectivity index (χ1) is 14.6. The van der Waals surface area contributed by atoms with Crippen molar-refractivity contribution in [2.75, 3.05) is 53.1 Å². The quantitative estimate of drug-likeness (QED) is 0.192. The van der Waals surface area contributed by atoms with Gasteiger partial charge in [-0.25, -0.2) is 0 Å². The Morgan fingerprint density at radius 3 is 2.61 bits per heavy atom. The molecule has 2 N–H and O–H groups in total. The van der Waals surface area contributed by atoms with Gasteiger partial charge >= 0.3 is 0 Å². The lowest BCUT2D eigenvalue weighted by molar-refractivity contribution is 0.0373. The summed E-state index contributed by atoms with van der Waals surface area (Å²) in [6.07, 6.45) is 4.61. The van der Waals surface area contributed by atoms with Gasteiger partial charge in [0.25, 0.3) is 0 Å². The molecule has 1 heterocycles. The van der Waals surface area contributed by atoms with Gasteiger partial charge in [0.15, 0.2) is 5.96 Å². The van der Waals surface area contributed by atoms with Crippen LogP contribution in [0.3, 0.4) is 0 Å². The molecule has 1 aromatic carbocycles. The van der Waals surface area contributed by atoms with E-state index in [-0.39, 0.29) is 35.6 Å². The van der Waals surface area contributed by atoms with E-state index in [1.165, 1.54) is 18.4 Å². The summed E-state index contributed by atoms with van der Waals surface area (Å²) >= 11 is 0. The highest BCUT2D eigenvalue weighted by Crippen LogP contribution is 2.28. The summed E-state index contributed by atoms with van der Waals surface area (Å²) in [4.78, 5) is 7.22. The monoisotopic (exact) mass is 544 g/mol. The van der Waals surface area contributed by atoms with E-state index >= 15 is 0 Å². The van der Waals surface area contributed by atoms with E-state index in [4.69, 9.17) is 14.5 Å². The Hall–Kier alpha value is -0.900. The Morgan fingerprint density at radius 2 is 1.97 bits per heavy atom. The van der Waals surface area contributed by atoms with Crippen LogP contribution in [-0.2, 0) is 9.47 Å². The van der Waals surface area contributed by atoms with E-state index in [1.54, 1.807) is 0 Å². The number of rotatable bonds is 11. The summed E-state index contributed by atoms with van der Waals surface area (Å²) in [5.41, 5.74) is 1.27. The van der Waals surface area contributed by atoms with Crippen molar-refractivity contribution >= 4 is 29.9 Å². The normalized spacial score (nSPS) is 19.4. The minimum atomic E-state index is -0.0442. The summed E-state index contributed by atoms with van der Waals surface area (Å²) in [5.74, 6) is 1.76. The van der Waals surface area contributed by atoms with Gasteiger partial charge < -0.3 is 25.0 Å². The van der Waals surface area contributed by atoms with Crippen LogP contribution in [0.5, 0.6) is 0 Å². The predicted octanol–water partition coefficient (Wildman–Crippen LogP) is 3.83. The molecule has 2 fully saturated rings. The van der Waals surface area contributed by atoms with Gasteiger partial charge in [0.05, 0.1) is 13.2 Å². The third-order valence-electron chi connectivity index (χ3n) is 6.12. The van der Waals surface area contributed by atoms with Crippen molar-refractivity contribution in [2.45, 2.75) is 51.1 Å². The number of nitrogens with one attached hydrogen (secondary N) is 2. The van der Waals surface area contributed by atoms with Gasteiger partial charge in [0.2, 0.25) is 0 Å². The summed E-state index contributed by atoms with van der Waals surface area (Å²) in [6, 6.07) is 10.9. The molecule has 1 saturated heterocycles. The Kier molecular flexibility index (Phi) is 11.6. The molecule has 2 aliphatic rings. The highest BCUT2D eigenvalue weighted by Gasteiger charge is 2.34. The van der Waals surface area contributed by atoms with Crippen LogP contribution in [0.4, 0.5) is 0 Å². The standard InChI is InChI=1S/C24H40N4O2.HI/c1-4-25-23(28(3)14-17-30-18-21-10-11-21)26-19-24(12-15-29-16-13-24)27-20(2)22-8-6-5-7-9-22;/h5-9,20-21,27H,4,10-19H2,1-3H3,(H,25,26);1H. The van der Waals surface area contributed by atoms with Crippen LogP contribution in [-0.4, -0.2) is 69.5 Å². The minimum Gasteiger partial charge on any atom is -0.381 e. The molecule has 176 valence electrons. The molecule has 1 aliphatic carbocycles. The molecular formula is C24H41IN4O2. The zero-order chi connectivity index (χ0) is 21.2. The lowest BCUT2D eigenvalue weighted by atomic mass is 9.88. The van der Waals surface area contributed by atoms with E-state index in [0.29, 0.717) is 0 Å². The summed E-state index contributed by atoms with van der Waals surface area (Å²) in [5, 5.41) is 7.35. The second-order valence-corrected chi connectivity index (χ2v) is 8.78. The number of guanidine groups is 1. The molecule has 0 bridgehead atoms. The molecule has 1 saturated carbocycles. The van der Waals surface area contributed by atoms with Gasteiger partial charge in [-0.3, -0.25) is 4.99 Å². The number of hydrogen-bond donors (Lipinski definition) is 2. The minimum absolute atomic E-state index is 0. The van der Waals surface area contributed by atoms with Crippen LogP contribution in [0.15, 0.2) is 35.3 Å². The lowest BCUT2D eigenvalue weighted by Gasteiger charge is -2.39. The molecule has 1 aliphatic heterocycles. The fourth-order valence-corrected chi connectivity index (χ4v) is 3.93. The van der Waals surface area contributed by atoms with Crippen molar-refractivity contribution in [3.05, 3.63) is 35.9 Å². The number of aliphatic imine (C=N–C) groups is 1. The zero-order valence-corrected chi connectivity index (χ0v) is 21.8. The van der Waals surface area contributed by atoms with E-state index in [0.717, 1.165) is 70.8 Å². The number of hydrogen-bond acceptors (Lipinski definition) is 4. The average Bonchev–Trinajstić information content (AvgIpc) is 3.60. The van der Waals surface area contributed by atoms with Crippen molar-refractivity contribution in [3.8, 4) is 0 Å². The number of halogens is 1. The largest absolute Gasteiger partial charge is 0.381 e. The first-order valence-electron chi connectivity index (χ1n) is 11.6. The van der Waals surface area contributed by atoms with Gasteiger partial charge in [-0.2, -0.15) is 0 Å². The second-order valence-electron chi connectivity index (χ2n) is 8.78. The molecule has 7 heteroatoms. The number of likely N-dealkylation sites (N-methyl/N-ethyl adjacent to an activating group) is 1. The highest BCUT2D eigenvalue weighted by molar-refractivity contribution is 14.0. The molecule has 1 atom stereocenters. The van der Waals surface area contributed by atoms with Crippen LogP contribution < -0.4 is 10.6 Å². The van der Waals surface area contributed by atoms with Gasteiger partial charge in [-0.1, -0.05) is 30.3 Å². The third kappa shape index (κ3) is 8.86. The van der Waals surface area contributed by atoms with E-state index in [9.17, 15) is 0 Å². The number of benzene rings is 1. The van der Waals surface area contributed by atoms with Gasteiger partial charge in [-0.15, -0.1) is 24.0 Å². The maximum atomic E-state index is 5.82. The first kappa shape index (κ1) is 26.4. The summed E-state index contributed by atoms with van der Waals surface area (Å²) in [6.45, 7) is 10.0. The van der Waals surface area contributed by atoms with Crippen molar-refractivity contribution in [2.24, 2.45) is 10.9 Å². The molecule has 1 unspecified atom stereocenters. The zero-order valence-electron chi connectivity index (χ0n) is 19.4. The SMILES string of the molecule is CCNC(=NCC1(NC(C)c2ccccc2)CCOCC1)N(C)CCOCC1CC1.I. The third-order valence-corrected chi connectivity index (χ3v) is 6.12. The van der Waals surface area contributed by atoms with E-state index in [2.05, 4.69) is 66.8 Å². The maximum Gasteiger partial charge on any atom is 0.193 e. The molecular weight excluding hydrogens is 503 g/mol. The predicted molar refractivity (Wildman–Crippen MR) is 138 cm³/mol. The number of ether oxygens (including phenoxy) is 2. The molecule has 0 amide bonds. The molecule has 3 rings (SSSR count). The highest BCUT2D eigenvalue weighted by atomic mass is 127. The van der Waals surface area contributed by atoms with Crippen molar-refractivity contribution in [3.63, 3.8) is 0 Å². The van der Waals surface area contributed by atoms with Crippen molar-refractivity contribution in [1.82, 2.24) is 15.5 Å². The Balaban J connectivity index is 0.00000341. The molecule has 0 radical (unpaired) electrons.